The Labute approximate surface area is 125 Å². The second-order valence-electron chi connectivity index (χ2n) is 4.95. The first kappa shape index (κ1) is 17.0. The van der Waals surface area contributed by atoms with Crippen molar-refractivity contribution in [3.63, 3.8) is 0 Å². The van der Waals surface area contributed by atoms with Crippen LogP contribution in [0.3, 0.4) is 0 Å². The molecular formula is C14H9F6NO2. The third kappa shape index (κ3) is 2.82. The maximum Gasteiger partial charge on any atom is 0.472 e. The zero-order chi connectivity index (χ0) is 17.7. The number of nitrogens with zero attached hydrogens (tertiary/aromatic N) is 1. The first-order chi connectivity index (χ1) is 10.4. The lowest BCUT2D eigenvalue weighted by Crippen LogP contribution is -2.30. The standard InChI is InChI=1S/C14H9F6NO2/c1-6-3-4-9-8(5-6)10(11(22)13(15,16)17)7(2)21(9)12(23)14(18,19)20/h3-5H,1-2H3. The lowest BCUT2D eigenvalue weighted by atomic mass is 10.0. The summed E-state index contributed by atoms with van der Waals surface area (Å²) in [6.45, 7) is 2.37. The number of carbonyl (C=O) groups excluding carboxylic acids is 2. The number of benzene rings is 1. The molecule has 0 fully saturated rings. The van der Waals surface area contributed by atoms with E-state index in [-0.39, 0.29) is 9.95 Å². The summed E-state index contributed by atoms with van der Waals surface area (Å²) in [6.07, 6.45) is -10.6. The number of aromatic nitrogens is 1. The first-order valence-electron chi connectivity index (χ1n) is 6.20. The van der Waals surface area contributed by atoms with Crippen LogP contribution in [0.1, 0.15) is 26.4 Å². The van der Waals surface area contributed by atoms with E-state index in [1.54, 1.807) is 0 Å². The molecule has 1 heterocycles. The molecule has 0 atom stereocenters. The minimum atomic E-state index is -5.29. The fourth-order valence-corrected chi connectivity index (χ4v) is 2.35. The van der Waals surface area contributed by atoms with Crippen LogP contribution in [-0.4, -0.2) is 28.6 Å². The summed E-state index contributed by atoms with van der Waals surface area (Å²) in [5, 5.41) is -0.345. The Bertz CT molecular complexity index is 813. The van der Waals surface area contributed by atoms with Gasteiger partial charge in [0.05, 0.1) is 11.1 Å². The molecule has 0 saturated carbocycles. The average molecular weight is 337 g/mol. The number of hydrogen-bond donors (Lipinski definition) is 0. The molecule has 9 heteroatoms. The molecule has 1 aromatic heterocycles. The molecular weight excluding hydrogens is 328 g/mol. The molecule has 0 saturated heterocycles. The Balaban J connectivity index is 2.89. The van der Waals surface area contributed by atoms with E-state index in [1.807, 2.05) is 0 Å². The smallest absolute Gasteiger partial charge is 0.284 e. The van der Waals surface area contributed by atoms with Crippen molar-refractivity contribution < 1.29 is 35.9 Å². The second kappa shape index (κ2) is 5.10. The number of aryl methyl sites for hydroxylation is 1. The molecule has 2 aromatic rings. The molecule has 0 radical (unpaired) electrons. The highest BCUT2D eigenvalue weighted by atomic mass is 19.4. The van der Waals surface area contributed by atoms with E-state index < -0.39 is 40.8 Å². The molecule has 0 bridgehead atoms. The summed E-state index contributed by atoms with van der Waals surface area (Å²) < 4.78 is 76.3. The van der Waals surface area contributed by atoms with Gasteiger partial charge < -0.3 is 0 Å². The van der Waals surface area contributed by atoms with Gasteiger partial charge >= 0.3 is 18.3 Å². The summed E-state index contributed by atoms with van der Waals surface area (Å²) >= 11 is 0. The second-order valence-corrected chi connectivity index (χ2v) is 4.95. The molecule has 0 amide bonds. The van der Waals surface area contributed by atoms with Gasteiger partial charge in [0.15, 0.2) is 0 Å². The molecule has 0 spiro atoms. The minimum Gasteiger partial charge on any atom is -0.284 e. The van der Waals surface area contributed by atoms with Crippen molar-refractivity contribution in [3.8, 4) is 0 Å². The van der Waals surface area contributed by atoms with Gasteiger partial charge in [-0.05, 0) is 26.0 Å². The third-order valence-corrected chi connectivity index (χ3v) is 3.29. The van der Waals surface area contributed by atoms with Gasteiger partial charge in [-0.25, -0.2) is 0 Å². The van der Waals surface area contributed by atoms with E-state index in [2.05, 4.69) is 0 Å². The van der Waals surface area contributed by atoms with E-state index >= 15 is 0 Å². The van der Waals surface area contributed by atoms with Crippen molar-refractivity contribution in [2.75, 3.05) is 0 Å². The van der Waals surface area contributed by atoms with Crippen molar-refractivity contribution in [2.45, 2.75) is 26.2 Å². The number of ketones is 1. The fourth-order valence-electron chi connectivity index (χ4n) is 2.35. The largest absolute Gasteiger partial charge is 0.472 e. The normalized spacial score (nSPS) is 12.7. The van der Waals surface area contributed by atoms with E-state index in [4.69, 9.17) is 0 Å². The Morgan fingerprint density at radius 2 is 1.52 bits per heavy atom. The van der Waals surface area contributed by atoms with Gasteiger partial charge in [0.1, 0.15) is 0 Å². The highest BCUT2D eigenvalue weighted by molar-refractivity contribution is 6.14. The summed E-state index contributed by atoms with van der Waals surface area (Å²) in [4.78, 5) is 23.1. The summed E-state index contributed by atoms with van der Waals surface area (Å²) in [5.74, 6) is -4.65. The number of carbonyl (C=O) groups is 2. The summed E-state index contributed by atoms with van der Waals surface area (Å²) in [6, 6.07) is 3.56. The predicted octanol–water partition coefficient (Wildman–Crippen LogP) is 4.21. The van der Waals surface area contributed by atoms with Gasteiger partial charge in [-0.15, -0.1) is 0 Å². The Morgan fingerprint density at radius 3 is 2.00 bits per heavy atom. The summed E-state index contributed by atoms with van der Waals surface area (Å²) in [7, 11) is 0. The molecule has 124 valence electrons. The van der Waals surface area contributed by atoms with E-state index in [0.717, 1.165) is 19.1 Å². The van der Waals surface area contributed by atoms with Gasteiger partial charge in [0, 0.05) is 11.1 Å². The highest BCUT2D eigenvalue weighted by Crippen LogP contribution is 2.34. The maximum absolute atomic E-state index is 12.7. The molecule has 3 nitrogen and oxygen atoms in total. The van der Waals surface area contributed by atoms with Crippen molar-refractivity contribution >= 4 is 22.6 Å². The van der Waals surface area contributed by atoms with E-state index in [1.165, 1.54) is 13.0 Å². The number of halogens is 6. The zero-order valence-electron chi connectivity index (χ0n) is 11.8. The van der Waals surface area contributed by atoms with Crippen LogP contribution in [0, 0.1) is 13.8 Å². The molecule has 0 aliphatic rings. The van der Waals surface area contributed by atoms with Crippen LogP contribution in [0.2, 0.25) is 0 Å². The van der Waals surface area contributed by atoms with Crippen LogP contribution in [0.15, 0.2) is 18.2 Å². The Kier molecular flexibility index (Phi) is 3.78. The molecule has 0 aliphatic heterocycles. The topological polar surface area (TPSA) is 39.1 Å². The number of fused-ring (bicyclic) bond motifs is 1. The van der Waals surface area contributed by atoms with Gasteiger partial charge in [0.25, 0.3) is 5.78 Å². The van der Waals surface area contributed by atoms with Gasteiger partial charge in [-0.2, -0.15) is 26.3 Å². The van der Waals surface area contributed by atoms with E-state index in [9.17, 15) is 35.9 Å². The number of Topliss-reactive ketones (excluding diaryl/α,β-unsaturated/α-hetero) is 1. The predicted molar refractivity (Wildman–Crippen MR) is 68.5 cm³/mol. The monoisotopic (exact) mass is 337 g/mol. The minimum absolute atomic E-state index is 0.0910. The number of hydrogen-bond acceptors (Lipinski definition) is 2. The van der Waals surface area contributed by atoms with Crippen LogP contribution in [0.4, 0.5) is 26.3 Å². The van der Waals surface area contributed by atoms with Crippen molar-refractivity contribution in [3.05, 3.63) is 35.0 Å². The van der Waals surface area contributed by atoms with Crippen LogP contribution in [0.5, 0.6) is 0 Å². The molecule has 1 aromatic carbocycles. The Hall–Kier alpha value is -2.32. The zero-order valence-corrected chi connectivity index (χ0v) is 11.8. The molecule has 23 heavy (non-hydrogen) atoms. The molecule has 0 aliphatic carbocycles. The van der Waals surface area contributed by atoms with Crippen LogP contribution in [-0.2, 0) is 0 Å². The Morgan fingerprint density at radius 1 is 0.957 bits per heavy atom. The maximum atomic E-state index is 12.7. The van der Waals surface area contributed by atoms with Crippen LogP contribution in [0.25, 0.3) is 10.9 Å². The van der Waals surface area contributed by atoms with E-state index in [0.29, 0.717) is 5.56 Å². The molecule has 0 unspecified atom stereocenters. The van der Waals surface area contributed by atoms with Gasteiger partial charge in [0.2, 0.25) is 0 Å². The van der Waals surface area contributed by atoms with Gasteiger partial charge in [-0.1, -0.05) is 11.6 Å². The lowest BCUT2D eigenvalue weighted by molar-refractivity contribution is -0.0944. The first-order valence-corrected chi connectivity index (χ1v) is 6.20. The SMILES string of the molecule is Cc1ccc2c(c1)c(C(=O)C(F)(F)F)c(C)n2C(=O)C(F)(F)F. The quantitative estimate of drug-likeness (QED) is 0.578. The highest BCUT2D eigenvalue weighted by Gasteiger charge is 2.45. The third-order valence-electron chi connectivity index (χ3n) is 3.29. The van der Waals surface area contributed by atoms with Gasteiger partial charge in [-0.3, -0.25) is 14.2 Å². The van der Waals surface area contributed by atoms with Crippen molar-refractivity contribution in [2.24, 2.45) is 0 Å². The van der Waals surface area contributed by atoms with Crippen LogP contribution >= 0.6 is 0 Å². The van der Waals surface area contributed by atoms with Crippen LogP contribution < -0.4 is 0 Å². The molecule has 2 rings (SSSR count). The molecule has 0 N–H and O–H groups in total. The summed E-state index contributed by atoms with van der Waals surface area (Å²) in [5.41, 5.74) is -1.61. The van der Waals surface area contributed by atoms with Crippen molar-refractivity contribution in [1.82, 2.24) is 4.57 Å². The fraction of sp³-hybridized carbons (Fsp3) is 0.286. The lowest BCUT2D eigenvalue weighted by Gasteiger charge is -2.10. The number of alkyl halides is 6. The number of rotatable bonds is 1. The average Bonchev–Trinajstić information content (AvgIpc) is 2.66. The van der Waals surface area contributed by atoms with Crippen molar-refractivity contribution in [1.29, 1.82) is 0 Å².